The first-order valence-electron chi connectivity index (χ1n) is 5.82. The Labute approximate surface area is 138 Å². The van der Waals surface area contributed by atoms with Crippen molar-refractivity contribution in [3.8, 4) is 5.75 Å². The second-order valence-electron chi connectivity index (χ2n) is 4.19. The van der Waals surface area contributed by atoms with Gasteiger partial charge < -0.3 is 4.74 Å². The van der Waals surface area contributed by atoms with Crippen LogP contribution in [0.5, 0.6) is 5.75 Å². The lowest BCUT2D eigenvalue weighted by Crippen LogP contribution is -1.97. The van der Waals surface area contributed by atoms with Crippen LogP contribution in [-0.2, 0) is 6.42 Å². The van der Waals surface area contributed by atoms with Crippen LogP contribution in [-0.4, -0.2) is 7.11 Å². The molecular formula is C15H13Br3O. The molecule has 19 heavy (non-hydrogen) atoms. The summed E-state index contributed by atoms with van der Waals surface area (Å²) < 4.78 is 7.43. The molecule has 0 radical (unpaired) electrons. The molecule has 0 saturated heterocycles. The van der Waals surface area contributed by atoms with E-state index in [0.717, 1.165) is 21.1 Å². The van der Waals surface area contributed by atoms with Crippen LogP contribution in [0.1, 0.15) is 16.0 Å². The van der Waals surface area contributed by atoms with Crippen LogP contribution < -0.4 is 4.74 Å². The van der Waals surface area contributed by atoms with Crippen LogP contribution in [0.3, 0.4) is 0 Å². The predicted octanol–water partition coefficient (Wildman–Crippen LogP) is 5.90. The number of halogens is 3. The summed E-state index contributed by atoms with van der Waals surface area (Å²) in [7, 11) is 1.69. The largest absolute Gasteiger partial charge is 0.497 e. The van der Waals surface area contributed by atoms with Crippen LogP contribution in [0.2, 0.25) is 0 Å². The van der Waals surface area contributed by atoms with Gasteiger partial charge in [0.15, 0.2) is 0 Å². The SMILES string of the molecule is COc1cccc(CC(Br)c2ccc(Br)cc2Br)c1. The molecule has 100 valence electrons. The Balaban J connectivity index is 2.17. The van der Waals surface area contributed by atoms with Gasteiger partial charge in [0.05, 0.1) is 7.11 Å². The minimum absolute atomic E-state index is 0.266. The Kier molecular flexibility index (Phi) is 5.48. The second kappa shape index (κ2) is 6.91. The highest BCUT2D eigenvalue weighted by Gasteiger charge is 2.12. The summed E-state index contributed by atoms with van der Waals surface area (Å²) in [4.78, 5) is 0.266. The zero-order valence-corrected chi connectivity index (χ0v) is 15.1. The highest BCUT2D eigenvalue weighted by molar-refractivity contribution is 9.11. The van der Waals surface area contributed by atoms with E-state index in [9.17, 15) is 0 Å². The lowest BCUT2D eigenvalue weighted by atomic mass is 10.0. The first kappa shape index (κ1) is 15.1. The molecular weight excluding hydrogens is 436 g/mol. The van der Waals surface area contributed by atoms with Gasteiger partial charge in [0.1, 0.15) is 5.75 Å². The van der Waals surface area contributed by atoms with Crippen LogP contribution in [0, 0.1) is 0 Å². The maximum Gasteiger partial charge on any atom is 0.119 e. The van der Waals surface area contributed by atoms with E-state index in [2.05, 4.69) is 78.1 Å². The second-order valence-corrected chi connectivity index (χ2v) is 7.06. The first-order valence-corrected chi connectivity index (χ1v) is 8.32. The summed E-state index contributed by atoms with van der Waals surface area (Å²) in [6.07, 6.45) is 0.914. The maximum atomic E-state index is 5.25. The number of methoxy groups -OCH3 is 1. The Hall–Kier alpha value is -0.320. The van der Waals surface area contributed by atoms with Crippen molar-refractivity contribution in [2.24, 2.45) is 0 Å². The van der Waals surface area contributed by atoms with E-state index < -0.39 is 0 Å². The third-order valence-corrected chi connectivity index (χ3v) is 4.85. The molecule has 2 rings (SSSR count). The molecule has 0 fully saturated rings. The predicted molar refractivity (Wildman–Crippen MR) is 90.2 cm³/mol. The van der Waals surface area contributed by atoms with Gasteiger partial charge in [-0.3, -0.25) is 0 Å². The number of ether oxygens (including phenoxy) is 1. The van der Waals surface area contributed by atoms with E-state index in [0.29, 0.717) is 0 Å². The summed E-state index contributed by atoms with van der Waals surface area (Å²) in [5.74, 6) is 0.895. The van der Waals surface area contributed by atoms with E-state index in [1.807, 2.05) is 12.1 Å². The van der Waals surface area contributed by atoms with Crippen molar-refractivity contribution in [2.45, 2.75) is 11.2 Å². The summed E-state index contributed by atoms with van der Waals surface area (Å²) in [5.41, 5.74) is 2.49. The quantitative estimate of drug-likeness (QED) is 0.529. The van der Waals surface area contributed by atoms with Crippen molar-refractivity contribution < 1.29 is 4.74 Å². The minimum Gasteiger partial charge on any atom is -0.497 e. The summed E-state index contributed by atoms with van der Waals surface area (Å²) >= 11 is 10.8. The highest BCUT2D eigenvalue weighted by Crippen LogP contribution is 2.34. The van der Waals surface area contributed by atoms with Gasteiger partial charge in [0, 0.05) is 13.8 Å². The van der Waals surface area contributed by atoms with Crippen molar-refractivity contribution in [3.05, 3.63) is 62.5 Å². The first-order chi connectivity index (χ1) is 9.10. The summed E-state index contributed by atoms with van der Waals surface area (Å²) in [6.45, 7) is 0. The molecule has 0 amide bonds. The van der Waals surface area contributed by atoms with E-state index in [-0.39, 0.29) is 4.83 Å². The van der Waals surface area contributed by atoms with Gasteiger partial charge in [-0.1, -0.05) is 66.0 Å². The van der Waals surface area contributed by atoms with Crippen molar-refractivity contribution >= 4 is 47.8 Å². The molecule has 0 spiro atoms. The van der Waals surface area contributed by atoms with Crippen LogP contribution in [0.4, 0.5) is 0 Å². The molecule has 0 aliphatic rings. The van der Waals surface area contributed by atoms with Crippen molar-refractivity contribution in [2.75, 3.05) is 7.11 Å². The molecule has 4 heteroatoms. The number of rotatable bonds is 4. The molecule has 1 unspecified atom stereocenters. The maximum absolute atomic E-state index is 5.25. The molecule has 1 nitrogen and oxygen atoms in total. The molecule has 2 aromatic carbocycles. The highest BCUT2D eigenvalue weighted by atomic mass is 79.9. The zero-order chi connectivity index (χ0) is 13.8. The van der Waals surface area contributed by atoms with Crippen molar-refractivity contribution in [3.63, 3.8) is 0 Å². The minimum atomic E-state index is 0.266. The van der Waals surface area contributed by atoms with Gasteiger partial charge in [-0.15, -0.1) is 0 Å². The van der Waals surface area contributed by atoms with Gasteiger partial charge in [-0.2, -0.15) is 0 Å². The lowest BCUT2D eigenvalue weighted by molar-refractivity contribution is 0.414. The van der Waals surface area contributed by atoms with Crippen molar-refractivity contribution in [1.82, 2.24) is 0 Å². The number of alkyl halides is 1. The summed E-state index contributed by atoms with van der Waals surface area (Å²) in [5, 5.41) is 0. The molecule has 0 aliphatic carbocycles. The van der Waals surface area contributed by atoms with E-state index in [1.54, 1.807) is 7.11 Å². The number of hydrogen-bond donors (Lipinski definition) is 0. The van der Waals surface area contributed by atoms with Gasteiger partial charge in [-0.05, 0) is 41.8 Å². The smallest absolute Gasteiger partial charge is 0.119 e. The zero-order valence-electron chi connectivity index (χ0n) is 10.4. The molecule has 0 aliphatic heterocycles. The fraction of sp³-hybridized carbons (Fsp3) is 0.200. The van der Waals surface area contributed by atoms with Crippen LogP contribution in [0.15, 0.2) is 51.4 Å². The topological polar surface area (TPSA) is 9.23 Å². The molecule has 2 aromatic rings. The van der Waals surface area contributed by atoms with Gasteiger partial charge in [-0.25, -0.2) is 0 Å². The Morgan fingerprint density at radius 2 is 1.89 bits per heavy atom. The van der Waals surface area contributed by atoms with Gasteiger partial charge >= 0.3 is 0 Å². The fourth-order valence-electron chi connectivity index (χ4n) is 1.87. The van der Waals surface area contributed by atoms with E-state index in [1.165, 1.54) is 11.1 Å². The Morgan fingerprint density at radius 1 is 1.11 bits per heavy atom. The van der Waals surface area contributed by atoms with E-state index >= 15 is 0 Å². The van der Waals surface area contributed by atoms with Gasteiger partial charge in [0.2, 0.25) is 0 Å². The molecule has 0 heterocycles. The Morgan fingerprint density at radius 3 is 2.58 bits per heavy atom. The fourth-order valence-corrected chi connectivity index (χ4v) is 4.28. The van der Waals surface area contributed by atoms with Gasteiger partial charge in [0.25, 0.3) is 0 Å². The normalized spacial score (nSPS) is 12.2. The molecule has 0 bridgehead atoms. The molecule has 1 atom stereocenters. The van der Waals surface area contributed by atoms with Crippen LogP contribution in [0.25, 0.3) is 0 Å². The Bertz CT molecular complexity index is 569. The molecule has 0 aromatic heterocycles. The van der Waals surface area contributed by atoms with E-state index in [4.69, 9.17) is 4.74 Å². The average molecular weight is 449 g/mol. The lowest BCUT2D eigenvalue weighted by Gasteiger charge is -2.13. The molecule has 0 saturated carbocycles. The standard InChI is InChI=1S/C15H13Br3O/c1-19-12-4-2-3-10(7-12)8-14(17)13-6-5-11(16)9-15(13)18/h2-7,9,14H,8H2,1H3. The number of benzene rings is 2. The third-order valence-electron chi connectivity index (χ3n) is 2.85. The monoisotopic (exact) mass is 446 g/mol. The van der Waals surface area contributed by atoms with Crippen LogP contribution >= 0.6 is 47.8 Å². The summed E-state index contributed by atoms with van der Waals surface area (Å²) in [6, 6.07) is 14.4. The molecule has 0 N–H and O–H groups in total. The number of hydrogen-bond acceptors (Lipinski definition) is 1. The third kappa shape index (κ3) is 4.07. The van der Waals surface area contributed by atoms with Crippen molar-refractivity contribution in [1.29, 1.82) is 0 Å². The average Bonchev–Trinajstić information content (AvgIpc) is 2.38.